The van der Waals surface area contributed by atoms with Crippen molar-refractivity contribution < 1.29 is 19.0 Å². The van der Waals surface area contributed by atoms with E-state index in [0.717, 1.165) is 22.4 Å². The number of carbonyl (C=O) groups excluding carboxylic acids is 1. The van der Waals surface area contributed by atoms with Gasteiger partial charge in [-0.15, -0.1) is 0 Å². The van der Waals surface area contributed by atoms with Gasteiger partial charge in [0.05, 0.1) is 13.0 Å². The normalized spacial score (nSPS) is 14.9. The largest absolute Gasteiger partial charge is 0.497 e. The molecule has 0 bridgehead atoms. The molecule has 7 heteroatoms. The number of ether oxygens (including phenoxy) is 3. The van der Waals surface area contributed by atoms with Crippen LogP contribution in [-0.2, 0) is 4.79 Å². The van der Waals surface area contributed by atoms with Crippen LogP contribution < -0.4 is 19.9 Å². The highest BCUT2D eigenvalue weighted by molar-refractivity contribution is 6.30. The van der Waals surface area contributed by atoms with Gasteiger partial charge in [-0.05, 0) is 47.5 Å². The average molecular weight is 459 g/mol. The summed E-state index contributed by atoms with van der Waals surface area (Å²) in [5, 5.41) is 10.2. The molecule has 1 unspecified atom stereocenters. The Morgan fingerprint density at radius 3 is 2.45 bits per heavy atom. The Balaban J connectivity index is 1.56. The molecule has 1 aliphatic heterocycles. The van der Waals surface area contributed by atoms with Crippen molar-refractivity contribution in [2.75, 3.05) is 7.11 Å². The summed E-state index contributed by atoms with van der Waals surface area (Å²) in [4.78, 5) is 12.3. The number of esters is 1. The second-order valence-electron chi connectivity index (χ2n) is 7.20. The maximum absolute atomic E-state index is 12.3. The van der Waals surface area contributed by atoms with Gasteiger partial charge in [-0.1, -0.05) is 41.9 Å². The van der Waals surface area contributed by atoms with Crippen LogP contribution in [0.4, 0.5) is 0 Å². The minimum Gasteiger partial charge on any atom is -0.497 e. The number of nitriles is 1. The summed E-state index contributed by atoms with van der Waals surface area (Å²) in [7, 11) is 1.59. The SMILES string of the molecule is COc1ccc(/C=C/C(=O)Oc2ccc3c(c2)OC(N)=C(C#N)C3c2ccc(Cl)cc2)cc1. The summed E-state index contributed by atoms with van der Waals surface area (Å²) in [6.07, 6.45) is 2.98. The summed E-state index contributed by atoms with van der Waals surface area (Å²) in [6.45, 7) is 0. The van der Waals surface area contributed by atoms with E-state index in [-0.39, 0.29) is 5.88 Å². The van der Waals surface area contributed by atoms with Crippen molar-refractivity contribution in [3.05, 3.63) is 106 Å². The minimum absolute atomic E-state index is 0.00725. The van der Waals surface area contributed by atoms with Crippen LogP contribution in [0.15, 0.2) is 84.3 Å². The number of hydrogen-bond acceptors (Lipinski definition) is 6. The van der Waals surface area contributed by atoms with E-state index >= 15 is 0 Å². The zero-order valence-corrected chi connectivity index (χ0v) is 18.4. The molecule has 0 fully saturated rings. The molecule has 3 aromatic carbocycles. The molecule has 0 spiro atoms. The van der Waals surface area contributed by atoms with Gasteiger partial charge < -0.3 is 19.9 Å². The average Bonchev–Trinajstić information content (AvgIpc) is 2.82. The predicted molar refractivity (Wildman–Crippen MR) is 125 cm³/mol. The first-order valence-corrected chi connectivity index (χ1v) is 10.4. The van der Waals surface area contributed by atoms with Crippen LogP contribution in [0.1, 0.15) is 22.6 Å². The van der Waals surface area contributed by atoms with Crippen LogP contribution >= 0.6 is 11.6 Å². The van der Waals surface area contributed by atoms with Gasteiger partial charge in [0.25, 0.3) is 0 Å². The molecule has 4 rings (SSSR count). The lowest BCUT2D eigenvalue weighted by Crippen LogP contribution is -2.21. The van der Waals surface area contributed by atoms with Gasteiger partial charge in [0, 0.05) is 22.7 Å². The molecule has 3 aromatic rings. The molecule has 0 saturated carbocycles. The lowest BCUT2D eigenvalue weighted by atomic mass is 9.83. The molecule has 33 heavy (non-hydrogen) atoms. The Bertz CT molecular complexity index is 1290. The van der Waals surface area contributed by atoms with Crippen LogP contribution in [0.5, 0.6) is 17.2 Å². The molecular formula is C26H19ClN2O4. The predicted octanol–water partition coefficient (Wildman–Crippen LogP) is 5.19. The molecule has 164 valence electrons. The molecule has 0 aliphatic carbocycles. The fourth-order valence-corrected chi connectivity index (χ4v) is 3.65. The van der Waals surface area contributed by atoms with Crippen molar-refractivity contribution >= 4 is 23.6 Å². The molecule has 1 atom stereocenters. The van der Waals surface area contributed by atoms with Gasteiger partial charge in [0.2, 0.25) is 5.88 Å². The molecular weight excluding hydrogens is 440 g/mol. The molecule has 2 N–H and O–H groups in total. The smallest absolute Gasteiger partial charge is 0.336 e. The van der Waals surface area contributed by atoms with E-state index in [0.29, 0.717) is 22.1 Å². The standard InChI is InChI=1S/C26H19ClN2O4/c1-31-19-9-2-16(3-10-19)4-13-24(30)32-20-11-12-21-23(14-20)33-26(29)22(15-28)25(21)17-5-7-18(27)8-6-17/h2-14,25H,29H2,1H3/b13-4+. The van der Waals surface area contributed by atoms with Crippen LogP contribution in [0.2, 0.25) is 5.02 Å². The first-order valence-electron chi connectivity index (χ1n) is 9.99. The number of hydrogen-bond donors (Lipinski definition) is 1. The third kappa shape index (κ3) is 4.84. The van der Waals surface area contributed by atoms with Gasteiger partial charge in [0.1, 0.15) is 28.9 Å². The van der Waals surface area contributed by atoms with Crippen molar-refractivity contribution in [1.29, 1.82) is 5.26 Å². The summed E-state index contributed by atoms with van der Waals surface area (Å²) >= 11 is 6.01. The first kappa shape index (κ1) is 22.0. The second-order valence-corrected chi connectivity index (χ2v) is 7.64. The summed E-state index contributed by atoms with van der Waals surface area (Å²) in [5.41, 5.74) is 8.73. The number of methoxy groups -OCH3 is 1. The van der Waals surface area contributed by atoms with Gasteiger partial charge in [-0.3, -0.25) is 0 Å². The molecule has 1 heterocycles. The summed E-state index contributed by atoms with van der Waals surface area (Å²) in [5.74, 6) is 0.478. The van der Waals surface area contributed by atoms with Gasteiger partial charge >= 0.3 is 5.97 Å². The third-order valence-electron chi connectivity index (χ3n) is 5.14. The van der Waals surface area contributed by atoms with E-state index in [2.05, 4.69) is 6.07 Å². The van der Waals surface area contributed by atoms with E-state index in [1.165, 1.54) is 6.08 Å². The van der Waals surface area contributed by atoms with Crippen molar-refractivity contribution in [3.8, 4) is 23.3 Å². The van der Waals surface area contributed by atoms with Crippen LogP contribution in [-0.4, -0.2) is 13.1 Å². The molecule has 0 saturated heterocycles. The highest BCUT2D eigenvalue weighted by atomic mass is 35.5. The lowest BCUT2D eigenvalue weighted by Gasteiger charge is -2.26. The molecule has 0 amide bonds. The summed E-state index contributed by atoms with van der Waals surface area (Å²) < 4.78 is 16.2. The van der Waals surface area contributed by atoms with Crippen molar-refractivity contribution in [2.45, 2.75) is 5.92 Å². The maximum Gasteiger partial charge on any atom is 0.336 e. The fourth-order valence-electron chi connectivity index (χ4n) is 3.53. The summed E-state index contributed by atoms with van der Waals surface area (Å²) in [6, 6.07) is 21.6. The highest BCUT2D eigenvalue weighted by Gasteiger charge is 2.31. The fraction of sp³-hybridized carbons (Fsp3) is 0.0769. The topological polar surface area (TPSA) is 94.6 Å². The third-order valence-corrected chi connectivity index (χ3v) is 5.39. The first-order chi connectivity index (χ1) is 16.0. The number of nitrogens with zero attached hydrogens (tertiary/aromatic N) is 1. The number of allylic oxidation sites excluding steroid dienone is 1. The van der Waals surface area contributed by atoms with Crippen molar-refractivity contribution in [3.63, 3.8) is 0 Å². The van der Waals surface area contributed by atoms with E-state index in [4.69, 9.17) is 31.5 Å². The molecule has 0 aromatic heterocycles. The van der Waals surface area contributed by atoms with Gasteiger partial charge in [-0.25, -0.2) is 4.79 Å². The molecule has 0 radical (unpaired) electrons. The van der Waals surface area contributed by atoms with E-state index < -0.39 is 11.9 Å². The van der Waals surface area contributed by atoms with Crippen molar-refractivity contribution in [2.24, 2.45) is 5.73 Å². The Kier molecular flexibility index (Phi) is 6.34. The Labute approximate surface area is 196 Å². The van der Waals surface area contributed by atoms with Crippen LogP contribution in [0.25, 0.3) is 6.08 Å². The number of carbonyl (C=O) groups is 1. The number of fused-ring (bicyclic) bond motifs is 1. The van der Waals surface area contributed by atoms with Gasteiger partial charge in [-0.2, -0.15) is 5.26 Å². The Hall–Kier alpha value is -4.21. The lowest BCUT2D eigenvalue weighted by molar-refractivity contribution is -0.128. The maximum atomic E-state index is 12.3. The second kappa shape index (κ2) is 9.51. The van der Waals surface area contributed by atoms with Crippen molar-refractivity contribution in [1.82, 2.24) is 0 Å². The monoisotopic (exact) mass is 458 g/mol. The van der Waals surface area contributed by atoms with Gasteiger partial charge in [0.15, 0.2) is 0 Å². The number of halogens is 1. The Morgan fingerprint density at radius 1 is 1.09 bits per heavy atom. The highest BCUT2D eigenvalue weighted by Crippen LogP contribution is 2.43. The van der Waals surface area contributed by atoms with Crippen LogP contribution in [0.3, 0.4) is 0 Å². The number of rotatable bonds is 5. The minimum atomic E-state index is -0.544. The molecule has 6 nitrogen and oxygen atoms in total. The van der Waals surface area contributed by atoms with E-state index in [1.807, 2.05) is 24.3 Å². The van der Waals surface area contributed by atoms with E-state index in [9.17, 15) is 10.1 Å². The van der Waals surface area contributed by atoms with E-state index in [1.54, 1.807) is 55.7 Å². The zero-order valence-electron chi connectivity index (χ0n) is 17.6. The number of nitrogens with two attached hydrogens (primary N) is 1. The number of benzene rings is 3. The molecule has 1 aliphatic rings. The Morgan fingerprint density at radius 2 is 1.79 bits per heavy atom. The zero-order chi connectivity index (χ0) is 23.4. The van der Waals surface area contributed by atoms with Crippen LogP contribution in [0, 0.1) is 11.3 Å². The quantitative estimate of drug-likeness (QED) is 0.321.